The van der Waals surface area contributed by atoms with Crippen LogP contribution in [-0.4, -0.2) is 122 Å². The molecule has 3 saturated carbocycles. The number of ether oxygens (including phenoxy) is 8. The molecular formula is C99H113BrF15N3O19. The Morgan fingerprint density at radius 2 is 0.584 bits per heavy atom. The Labute approximate surface area is 792 Å². The van der Waals surface area contributed by atoms with Gasteiger partial charge in [-0.05, 0) is 210 Å². The lowest BCUT2D eigenvalue weighted by Crippen LogP contribution is -2.44. The van der Waals surface area contributed by atoms with Gasteiger partial charge in [-0.3, -0.25) is 9.59 Å². The number of carbonyl (C=O) groups is 8. The minimum Gasteiger partial charge on any atom is -0.479 e. The molecule has 2 amide bonds. The molecule has 750 valence electrons. The van der Waals surface area contributed by atoms with Crippen molar-refractivity contribution in [1.29, 1.82) is 0 Å². The molecule has 0 aliphatic heterocycles. The van der Waals surface area contributed by atoms with E-state index in [0.717, 1.165) is 121 Å². The van der Waals surface area contributed by atoms with Gasteiger partial charge in [0.15, 0.2) is 18.3 Å². The molecule has 0 bridgehead atoms. The molecule has 0 radical (unpaired) electrons. The van der Waals surface area contributed by atoms with Gasteiger partial charge in [0.05, 0.1) is 110 Å². The summed E-state index contributed by atoms with van der Waals surface area (Å²) in [6.07, 6.45) is -20.9. The summed E-state index contributed by atoms with van der Waals surface area (Å²) in [6, 6.07) is 44.2. The topological polar surface area (TPSA) is 321 Å². The van der Waals surface area contributed by atoms with Crippen molar-refractivity contribution < 1.29 is 157 Å². The number of hydrogen-bond acceptors (Lipinski definition) is 18. The third-order valence-corrected chi connectivity index (χ3v) is 22.1. The standard InChI is InChI=1S/C24H26F3NO4.C23H24F3NO4.C14H17F3O3.C13H15F3O3.C11H13NO2.C8H6BrF3.C6H12O3/c1-15(2)20(32-14-16-4-8-19(9-5-16)24(25,26)27)21(29)28-23(12-13-23)18-10-6-17(7-11-18)22(30)31-3;1-14(2)19(31-13-15-3-7-18(8-4-15)23(24,25)26)20(28)27-22(11-12-22)17-9-5-16(6-10-17)21(29)30;1-9(2)12(13(18)19-3)20-8-10-4-6-11(7-5-10)14(15,16)17;1-8(2)11(12(17)18)19-7-9-3-5-10(6-4-9)13(14,15)16;1-14-10(13)8-2-4-9(5-3-8)11(12)6-7-11;9-5-6-1-3-7(4-2-6)8(10,11)12;1-4(2)5(7)6(8)9-3/h4-11,15,20H,12-14H2,1-3H3,(H,28,29);3-10,14,19H,11-13H2,1-2H3,(H,27,28)(H,29,30);4-7,9,12H,8H2,1-3H3;3-6,8,11H,7H2,1-2H3,(H,17,18);2-5H,6-7,12H2,1H3;1-4H,5H2;4-5,7H,1-3H3/t20-;19-;12-;11-;;;5-/m1111..1/s1. The molecule has 5 atom stereocenters. The second kappa shape index (κ2) is 51.9. The fourth-order valence-electron chi connectivity index (χ4n) is 12.7. The Balaban J connectivity index is 0.000000293. The van der Waals surface area contributed by atoms with Gasteiger partial charge in [0.2, 0.25) is 11.8 Å². The molecule has 22 nitrogen and oxygen atoms in total. The third-order valence-electron chi connectivity index (χ3n) is 21.4. The molecule has 0 saturated heterocycles. The van der Waals surface area contributed by atoms with Gasteiger partial charge in [-0.25, -0.2) is 28.8 Å². The van der Waals surface area contributed by atoms with E-state index in [0.29, 0.717) is 38.7 Å². The molecule has 0 aromatic heterocycles. The van der Waals surface area contributed by atoms with E-state index in [9.17, 15) is 104 Å². The van der Waals surface area contributed by atoms with Crippen LogP contribution in [0.25, 0.3) is 0 Å². The molecule has 0 unspecified atom stereocenters. The zero-order chi connectivity index (χ0) is 103. The van der Waals surface area contributed by atoms with Gasteiger partial charge >= 0.3 is 66.7 Å². The third kappa shape index (κ3) is 37.5. The highest BCUT2D eigenvalue weighted by atomic mass is 79.9. The van der Waals surface area contributed by atoms with Crippen molar-refractivity contribution in [3.8, 4) is 0 Å². The Morgan fingerprint density at radius 3 is 0.788 bits per heavy atom. The minimum atomic E-state index is -4.40. The number of benzene rings is 8. The summed E-state index contributed by atoms with van der Waals surface area (Å²) in [5, 5.41) is 33.5. The van der Waals surface area contributed by atoms with Crippen molar-refractivity contribution in [3.05, 3.63) is 283 Å². The van der Waals surface area contributed by atoms with E-state index in [2.05, 4.69) is 40.8 Å². The molecule has 7 N–H and O–H groups in total. The number of hydrogen-bond donors (Lipinski definition) is 6. The van der Waals surface area contributed by atoms with Crippen molar-refractivity contribution in [1.82, 2.24) is 10.6 Å². The van der Waals surface area contributed by atoms with E-state index in [1.54, 1.807) is 90.1 Å². The summed E-state index contributed by atoms with van der Waals surface area (Å²) in [7, 11) is 5.21. The molecule has 0 spiro atoms. The molecule has 0 heterocycles. The van der Waals surface area contributed by atoms with E-state index in [1.165, 1.54) is 101 Å². The number of nitrogens with two attached hydrogens (primary N) is 1. The number of esters is 4. The molecule has 3 aliphatic rings. The van der Waals surface area contributed by atoms with Gasteiger partial charge < -0.3 is 69.6 Å². The van der Waals surface area contributed by atoms with E-state index in [1.807, 2.05) is 39.8 Å². The highest BCUT2D eigenvalue weighted by molar-refractivity contribution is 9.08. The average Bonchev–Trinajstić information content (AvgIpc) is 1.61. The van der Waals surface area contributed by atoms with Crippen LogP contribution in [0.5, 0.6) is 0 Å². The zero-order valence-corrected chi connectivity index (χ0v) is 79.1. The lowest BCUT2D eigenvalue weighted by atomic mass is 10.0. The quantitative estimate of drug-likeness (QED) is 0.0102. The Morgan fingerprint density at radius 1 is 0.336 bits per heavy atom. The minimum absolute atomic E-state index is 0.00864. The van der Waals surface area contributed by atoms with Crippen LogP contribution < -0.4 is 16.4 Å². The second-order valence-electron chi connectivity index (χ2n) is 33.9. The number of aliphatic carboxylic acids is 1. The second-order valence-corrected chi connectivity index (χ2v) is 34.5. The smallest absolute Gasteiger partial charge is 0.416 e. The number of aromatic carboxylic acids is 1. The van der Waals surface area contributed by atoms with Gasteiger partial charge in [0.1, 0.15) is 12.2 Å². The lowest BCUT2D eigenvalue weighted by Gasteiger charge is -2.25. The van der Waals surface area contributed by atoms with Gasteiger partial charge in [-0.1, -0.05) is 182 Å². The molecule has 8 aromatic rings. The first kappa shape index (κ1) is 116. The largest absolute Gasteiger partial charge is 0.479 e. The van der Waals surface area contributed by atoms with Gasteiger partial charge in [0, 0.05) is 10.9 Å². The number of rotatable bonds is 31. The predicted octanol–water partition coefficient (Wildman–Crippen LogP) is 21.5. The summed E-state index contributed by atoms with van der Waals surface area (Å²) in [5.74, 6) is -5.14. The van der Waals surface area contributed by atoms with Gasteiger partial charge in [0.25, 0.3) is 0 Å². The SMILES string of the molecule is CC(C)[C@@H](OCc1ccc(C(F)(F)F)cc1)C(=O)NC1(c2ccc(C(=O)O)cc2)CC1.CC(C)[C@@H](OCc1ccc(C(F)(F)F)cc1)C(=O)O.COC(=O)[C@H](O)C(C)C.COC(=O)[C@H](OCc1ccc(C(F)(F)F)cc1)C(C)C.COC(=O)c1ccc(C2(N)CC2)cc1.COC(=O)c1ccc(C2(NC(=O)[C@H](OCc3ccc(C(F)(F)F)cc3)C(C)C)CC2)cc1.FC(F)(F)c1ccc(CBr)cc1. The van der Waals surface area contributed by atoms with Crippen LogP contribution in [0.15, 0.2) is 194 Å². The van der Waals surface area contributed by atoms with Crippen LogP contribution in [0.1, 0.15) is 211 Å². The van der Waals surface area contributed by atoms with Gasteiger partial charge in [-0.15, -0.1) is 0 Å². The van der Waals surface area contributed by atoms with Crippen LogP contribution in [0.4, 0.5) is 65.9 Å². The number of carboxylic acid groups (broad SMARTS) is 2. The van der Waals surface area contributed by atoms with Crippen LogP contribution in [-0.2, 0) is 141 Å². The molecule has 11 rings (SSSR count). The van der Waals surface area contributed by atoms with Crippen molar-refractivity contribution in [2.45, 2.75) is 218 Å². The van der Waals surface area contributed by atoms with Crippen molar-refractivity contribution in [2.24, 2.45) is 35.3 Å². The highest BCUT2D eigenvalue weighted by Crippen LogP contribution is 2.48. The maximum atomic E-state index is 13.0. The maximum Gasteiger partial charge on any atom is 0.416 e. The number of halogens is 16. The van der Waals surface area contributed by atoms with Crippen LogP contribution >= 0.6 is 15.9 Å². The maximum absolute atomic E-state index is 13.0. The predicted molar refractivity (Wildman–Crippen MR) is 478 cm³/mol. The summed E-state index contributed by atoms with van der Waals surface area (Å²) >= 11 is 3.15. The average molecular weight is 2010 g/mol. The number of aliphatic hydroxyl groups is 1. The summed E-state index contributed by atoms with van der Waals surface area (Å²) in [5.41, 5.74) is 8.29. The van der Waals surface area contributed by atoms with Crippen molar-refractivity contribution >= 4 is 63.6 Å². The zero-order valence-electron chi connectivity index (χ0n) is 77.5. The molecule has 38 heteroatoms. The van der Waals surface area contributed by atoms with Crippen LogP contribution in [0.3, 0.4) is 0 Å². The van der Waals surface area contributed by atoms with Crippen molar-refractivity contribution in [2.75, 3.05) is 28.4 Å². The first-order valence-corrected chi connectivity index (χ1v) is 44.0. The Bertz CT molecular complexity index is 5140. The summed E-state index contributed by atoms with van der Waals surface area (Å²) in [4.78, 5) is 92.5. The van der Waals surface area contributed by atoms with E-state index in [-0.39, 0.29) is 84.9 Å². The van der Waals surface area contributed by atoms with Gasteiger partial charge in [-0.2, -0.15) is 65.9 Å². The molecule has 8 aromatic carbocycles. The van der Waals surface area contributed by atoms with Crippen LogP contribution in [0.2, 0.25) is 0 Å². The normalized spacial score (nSPS) is 14.9. The lowest BCUT2D eigenvalue weighted by molar-refractivity contribution is -0.158. The van der Waals surface area contributed by atoms with E-state index in [4.69, 9.17) is 44.7 Å². The number of methoxy groups -OCH3 is 4. The monoisotopic (exact) mass is 2010 g/mol. The molecule has 137 heavy (non-hydrogen) atoms. The molecular weight excluding hydrogens is 1900 g/mol. The fraction of sp³-hybridized carbons (Fsp3) is 0.434. The number of aliphatic hydroxyl groups excluding tert-OH is 1. The number of alkyl halides is 16. The highest BCUT2D eigenvalue weighted by Gasteiger charge is 2.49. The van der Waals surface area contributed by atoms with Crippen molar-refractivity contribution in [3.63, 3.8) is 0 Å². The number of carbonyl (C=O) groups excluding carboxylic acids is 6. The Kier molecular flexibility index (Phi) is 44.0. The summed E-state index contributed by atoms with van der Waals surface area (Å²) < 4.78 is 227. The molecule has 3 fully saturated rings. The number of amides is 2. The van der Waals surface area contributed by atoms with E-state index >= 15 is 0 Å². The Hall–Kier alpha value is -11.3. The number of carboxylic acids is 2. The van der Waals surface area contributed by atoms with E-state index < -0.39 is 130 Å². The number of nitrogens with one attached hydrogen (secondary N) is 2. The fourth-order valence-corrected chi connectivity index (χ4v) is 13.1. The van der Waals surface area contributed by atoms with Crippen LogP contribution in [0, 0.1) is 29.6 Å². The first-order valence-electron chi connectivity index (χ1n) is 42.9. The summed E-state index contributed by atoms with van der Waals surface area (Å²) in [6.45, 7) is 17.9. The first-order chi connectivity index (χ1) is 63.8. The molecule has 3 aliphatic carbocycles.